The third kappa shape index (κ3) is 9.87. The Hall–Kier alpha value is -3.29. The molecule has 0 aliphatic carbocycles. The molecule has 2 unspecified atom stereocenters. The molecular formula is C36H56N4O3. The van der Waals surface area contributed by atoms with Crippen LogP contribution >= 0.6 is 0 Å². The van der Waals surface area contributed by atoms with Crippen LogP contribution in [0.15, 0.2) is 48.2 Å². The number of methoxy groups -OCH3 is 1. The SMILES string of the molecule is C=C(/C(C)=C/c1ccc(OC)cc1C)N1CCOc2cc(C(=O)N3CCCC(N)C3)cc(C)c21.CC.CCC(C)CCN. The fourth-order valence-corrected chi connectivity index (χ4v) is 5.29. The summed E-state index contributed by atoms with van der Waals surface area (Å²) in [7, 11) is 1.68. The van der Waals surface area contributed by atoms with Gasteiger partial charge >= 0.3 is 0 Å². The average molecular weight is 593 g/mol. The number of anilines is 1. The molecule has 2 aliphatic rings. The van der Waals surface area contributed by atoms with Crippen LogP contribution in [-0.2, 0) is 0 Å². The molecule has 0 aromatic heterocycles. The minimum absolute atomic E-state index is 0.0201. The molecular weight excluding hydrogens is 536 g/mol. The van der Waals surface area contributed by atoms with Crippen LogP contribution in [0.5, 0.6) is 11.5 Å². The van der Waals surface area contributed by atoms with E-state index in [1.807, 2.05) is 49.9 Å². The molecule has 43 heavy (non-hydrogen) atoms. The van der Waals surface area contributed by atoms with E-state index in [1.54, 1.807) is 7.11 Å². The maximum Gasteiger partial charge on any atom is 0.254 e. The summed E-state index contributed by atoms with van der Waals surface area (Å²) in [6.45, 7) is 22.4. The van der Waals surface area contributed by atoms with Crippen molar-refractivity contribution in [1.29, 1.82) is 0 Å². The molecule has 4 rings (SSSR count). The zero-order valence-electron chi connectivity index (χ0n) is 28.0. The molecule has 2 aliphatic heterocycles. The maximum atomic E-state index is 13.2. The number of benzene rings is 2. The van der Waals surface area contributed by atoms with Gasteiger partial charge < -0.3 is 30.7 Å². The third-order valence-corrected chi connectivity index (χ3v) is 8.09. The average Bonchev–Trinajstić information content (AvgIpc) is 3.02. The number of hydrogen-bond donors (Lipinski definition) is 2. The fraction of sp³-hybridized carbons (Fsp3) is 0.528. The number of amides is 1. The second-order valence-electron chi connectivity index (χ2n) is 11.4. The van der Waals surface area contributed by atoms with Crippen LogP contribution in [0.3, 0.4) is 0 Å². The van der Waals surface area contributed by atoms with Gasteiger partial charge in [0.05, 0.1) is 19.3 Å². The van der Waals surface area contributed by atoms with Gasteiger partial charge in [-0.25, -0.2) is 0 Å². The number of allylic oxidation sites excluding steroid dienone is 1. The number of nitrogens with zero attached hydrogens (tertiary/aromatic N) is 2. The van der Waals surface area contributed by atoms with Crippen molar-refractivity contribution < 1.29 is 14.3 Å². The van der Waals surface area contributed by atoms with Crippen LogP contribution in [0, 0.1) is 19.8 Å². The number of carbonyl (C=O) groups excluding carboxylic acids is 1. The molecule has 0 bridgehead atoms. The monoisotopic (exact) mass is 592 g/mol. The molecule has 4 N–H and O–H groups in total. The molecule has 1 amide bonds. The minimum atomic E-state index is 0.0201. The fourth-order valence-electron chi connectivity index (χ4n) is 5.29. The van der Waals surface area contributed by atoms with Crippen molar-refractivity contribution in [2.75, 3.05) is 44.8 Å². The van der Waals surface area contributed by atoms with Gasteiger partial charge in [0.15, 0.2) is 0 Å². The maximum absolute atomic E-state index is 13.2. The Morgan fingerprint density at radius 2 is 1.91 bits per heavy atom. The first-order chi connectivity index (χ1) is 20.6. The molecule has 2 aromatic rings. The summed E-state index contributed by atoms with van der Waals surface area (Å²) in [6, 6.07) is 9.95. The topological polar surface area (TPSA) is 94.0 Å². The highest BCUT2D eigenvalue weighted by molar-refractivity contribution is 5.96. The standard InChI is InChI=1S/C28H35N3O3.C6H15N.C2H6/c1-18(13-22-8-9-25(33-5)15-19(22)2)21(4)31-11-12-34-26-16-23(14-20(3)27(26)31)28(32)30-10-6-7-24(29)17-30;1-3-6(2)4-5-7;1-2/h8-9,13-16,24H,4,6-7,10-12,17,29H2,1-3,5H3;6H,3-5,7H2,1-2H3;1-2H3/b18-13+;;. The van der Waals surface area contributed by atoms with Crippen molar-refractivity contribution in [1.82, 2.24) is 4.90 Å². The zero-order chi connectivity index (χ0) is 32.1. The number of likely N-dealkylation sites (tertiary alicyclic amines) is 1. The van der Waals surface area contributed by atoms with E-state index >= 15 is 0 Å². The lowest BCUT2D eigenvalue weighted by molar-refractivity contribution is 0.0708. The summed E-state index contributed by atoms with van der Waals surface area (Å²) in [5.74, 6) is 2.42. The van der Waals surface area contributed by atoms with Gasteiger partial charge in [-0.2, -0.15) is 0 Å². The van der Waals surface area contributed by atoms with Gasteiger partial charge in [-0.1, -0.05) is 46.8 Å². The van der Waals surface area contributed by atoms with E-state index in [1.165, 1.54) is 12.8 Å². The van der Waals surface area contributed by atoms with Crippen molar-refractivity contribution in [3.05, 3.63) is 70.4 Å². The number of rotatable bonds is 8. The molecule has 1 saturated heterocycles. The van der Waals surface area contributed by atoms with Crippen LogP contribution in [0.4, 0.5) is 5.69 Å². The van der Waals surface area contributed by atoms with Gasteiger partial charge in [-0.05, 0) is 105 Å². The number of hydrogen-bond acceptors (Lipinski definition) is 6. The van der Waals surface area contributed by atoms with Gasteiger partial charge in [0.2, 0.25) is 0 Å². The molecule has 7 nitrogen and oxygen atoms in total. The van der Waals surface area contributed by atoms with Crippen LogP contribution in [0.25, 0.3) is 6.08 Å². The van der Waals surface area contributed by atoms with Crippen molar-refractivity contribution in [3.63, 3.8) is 0 Å². The van der Waals surface area contributed by atoms with Crippen LogP contribution < -0.4 is 25.8 Å². The summed E-state index contributed by atoms with van der Waals surface area (Å²) >= 11 is 0. The highest BCUT2D eigenvalue weighted by atomic mass is 16.5. The highest BCUT2D eigenvalue weighted by Crippen LogP contribution is 2.39. The second-order valence-corrected chi connectivity index (χ2v) is 11.4. The normalized spacial score (nSPS) is 16.9. The number of piperidine rings is 1. The van der Waals surface area contributed by atoms with E-state index in [0.29, 0.717) is 25.3 Å². The van der Waals surface area contributed by atoms with E-state index < -0.39 is 0 Å². The molecule has 0 radical (unpaired) electrons. The molecule has 0 saturated carbocycles. The van der Waals surface area contributed by atoms with Crippen molar-refractivity contribution in [2.45, 2.75) is 80.2 Å². The van der Waals surface area contributed by atoms with Gasteiger partial charge in [-0.3, -0.25) is 4.79 Å². The molecule has 1 fully saturated rings. The lowest BCUT2D eigenvalue weighted by Gasteiger charge is -2.35. The van der Waals surface area contributed by atoms with Gasteiger partial charge in [0, 0.05) is 30.4 Å². The Bertz CT molecular complexity index is 1240. The van der Waals surface area contributed by atoms with E-state index in [2.05, 4.69) is 51.3 Å². The minimum Gasteiger partial charge on any atom is -0.497 e. The van der Waals surface area contributed by atoms with E-state index in [-0.39, 0.29) is 11.9 Å². The number of carbonyl (C=O) groups is 1. The summed E-state index contributed by atoms with van der Waals surface area (Å²) in [5, 5.41) is 0. The van der Waals surface area contributed by atoms with Crippen LogP contribution in [0.1, 0.15) is 87.4 Å². The van der Waals surface area contributed by atoms with E-state index in [9.17, 15) is 4.79 Å². The number of aryl methyl sites for hydroxylation is 2. The molecule has 2 atom stereocenters. The van der Waals surface area contributed by atoms with Gasteiger partial charge in [0.1, 0.15) is 18.1 Å². The summed E-state index contributed by atoms with van der Waals surface area (Å²) < 4.78 is 11.3. The number of ether oxygens (including phenoxy) is 2. The Balaban J connectivity index is 0.000000631. The van der Waals surface area contributed by atoms with Crippen molar-refractivity contribution in [3.8, 4) is 11.5 Å². The first-order valence-electron chi connectivity index (χ1n) is 15.9. The molecule has 2 heterocycles. The quantitative estimate of drug-likeness (QED) is 0.318. The Kier molecular flexibility index (Phi) is 14.8. The summed E-state index contributed by atoms with van der Waals surface area (Å²) in [4.78, 5) is 17.2. The van der Waals surface area contributed by atoms with Crippen molar-refractivity contribution in [2.24, 2.45) is 17.4 Å². The highest BCUT2D eigenvalue weighted by Gasteiger charge is 2.27. The Morgan fingerprint density at radius 1 is 1.19 bits per heavy atom. The smallest absolute Gasteiger partial charge is 0.254 e. The molecule has 0 spiro atoms. The van der Waals surface area contributed by atoms with Gasteiger partial charge in [-0.15, -0.1) is 0 Å². The number of fused-ring (bicyclic) bond motifs is 1. The first-order valence-corrected chi connectivity index (χ1v) is 15.9. The van der Waals surface area contributed by atoms with Crippen molar-refractivity contribution >= 4 is 17.7 Å². The second kappa shape index (κ2) is 17.7. The molecule has 7 heteroatoms. The lowest BCUT2D eigenvalue weighted by atomic mass is 10.0. The predicted octanol–water partition coefficient (Wildman–Crippen LogP) is 7.10. The predicted molar refractivity (Wildman–Crippen MR) is 182 cm³/mol. The van der Waals surface area contributed by atoms with E-state index in [0.717, 1.165) is 77.0 Å². The first kappa shape index (κ1) is 35.9. The third-order valence-electron chi connectivity index (χ3n) is 8.09. The number of nitrogens with two attached hydrogens (primary N) is 2. The summed E-state index contributed by atoms with van der Waals surface area (Å²) in [5.41, 5.74) is 18.3. The van der Waals surface area contributed by atoms with Gasteiger partial charge in [0.25, 0.3) is 5.91 Å². The molecule has 2 aromatic carbocycles. The zero-order valence-corrected chi connectivity index (χ0v) is 28.0. The summed E-state index contributed by atoms with van der Waals surface area (Å²) in [6.07, 6.45) is 6.50. The Labute approximate surface area is 260 Å². The Morgan fingerprint density at radius 3 is 2.49 bits per heavy atom. The largest absolute Gasteiger partial charge is 0.497 e. The van der Waals surface area contributed by atoms with Crippen LogP contribution in [-0.4, -0.2) is 56.7 Å². The van der Waals surface area contributed by atoms with E-state index in [4.69, 9.17) is 20.9 Å². The van der Waals surface area contributed by atoms with Crippen LogP contribution in [0.2, 0.25) is 0 Å². The lowest BCUT2D eigenvalue weighted by Crippen LogP contribution is -2.45. The molecule has 238 valence electrons.